The average Bonchev–Trinajstić information content (AvgIpc) is 2.88. The predicted molar refractivity (Wildman–Crippen MR) is 156 cm³/mol. The molecule has 212 valence electrons. The fourth-order valence-electron chi connectivity index (χ4n) is 4.48. The molecule has 4 nitrogen and oxygen atoms in total. The van der Waals surface area contributed by atoms with Gasteiger partial charge in [0.2, 0.25) is 5.91 Å². The van der Waals surface area contributed by atoms with Crippen LogP contribution in [0.2, 0.25) is 0 Å². The van der Waals surface area contributed by atoms with Gasteiger partial charge in [0.05, 0.1) is 18.8 Å². The van der Waals surface area contributed by atoms with E-state index in [1.54, 1.807) is 6.08 Å². The molecule has 0 aromatic rings. The first kappa shape index (κ1) is 34.9. The first-order chi connectivity index (χ1) is 17.7. The molecule has 2 unspecified atom stereocenters. The van der Waals surface area contributed by atoms with Crippen LogP contribution in [0.3, 0.4) is 0 Å². The SMILES string of the molecule is CCCCCCCCCCCCCC/C=C/CC/C=C/C(O)C(CO)NC(=O)CCCCCCCC. The summed E-state index contributed by atoms with van der Waals surface area (Å²) in [6.45, 7) is 4.21. The lowest BCUT2D eigenvalue weighted by Gasteiger charge is -2.19. The van der Waals surface area contributed by atoms with Crippen LogP contribution in [0, 0.1) is 0 Å². The van der Waals surface area contributed by atoms with Crippen molar-refractivity contribution in [3.05, 3.63) is 24.3 Å². The highest BCUT2D eigenvalue weighted by Gasteiger charge is 2.17. The Labute approximate surface area is 224 Å². The number of allylic oxidation sites excluding steroid dienone is 3. The summed E-state index contributed by atoms with van der Waals surface area (Å²) in [6.07, 6.45) is 34.2. The van der Waals surface area contributed by atoms with Crippen LogP contribution in [0.25, 0.3) is 0 Å². The Kier molecular flexibility index (Phi) is 27.5. The lowest BCUT2D eigenvalue weighted by atomic mass is 10.0. The third kappa shape index (κ3) is 24.6. The Bertz CT molecular complexity index is 518. The minimum Gasteiger partial charge on any atom is -0.394 e. The largest absolute Gasteiger partial charge is 0.394 e. The number of rotatable bonds is 27. The summed E-state index contributed by atoms with van der Waals surface area (Å²) in [7, 11) is 0. The molecular formula is C32H61NO3. The molecule has 0 radical (unpaired) electrons. The fraction of sp³-hybridized carbons (Fsp3) is 0.844. The molecule has 1 amide bonds. The maximum Gasteiger partial charge on any atom is 0.220 e. The monoisotopic (exact) mass is 507 g/mol. The standard InChI is InChI=1S/C32H61NO3/c1-3-5-7-9-11-12-13-14-15-16-17-18-19-20-21-22-23-25-27-31(35)30(29-34)33-32(36)28-26-24-10-8-6-4-2/h20-21,25,27,30-31,34-35H,3-19,22-24,26,28-29H2,1-2H3,(H,33,36)/b21-20+,27-25+. The maximum atomic E-state index is 12.1. The molecule has 0 rings (SSSR count). The molecule has 36 heavy (non-hydrogen) atoms. The van der Waals surface area contributed by atoms with Gasteiger partial charge < -0.3 is 15.5 Å². The average molecular weight is 508 g/mol. The number of unbranched alkanes of at least 4 members (excludes halogenated alkanes) is 18. The Morgan fingerprint density at radius 3 is 1.61 bits per heavy atom. The molecule has 0 saturated carbocycles. The molecule has 0 aromatic carbocycles. The molecule has 0 aliphatic heterocycles. The summed E-state index contributed by atoms with van der Waals surface area (Å²) in [5.41, 5.74) is 0. The van der Waals surface area contributed by atoms with Gasteiger partial charge in [-0.05, 0) is 32.1 Å². The van der Waals surface area contributed by atoms with Crippen LogP contribution in [0.15, 0.2) is 24.3 Å². The minimum absolute atomic E-state index is 0.0854. The second-order valence-corrected chi connectivity index (χ2v) is 10.5. The van der Waals surface area contributed by atoms with Gasteiger partial charge in [-0.2, -0.15) is 0 Å². The number of amides is 1. The molecule has 0 heterocycles. The zero-order valence-corrected chi connectivity index (χ0v) is 24.0. The van der Waals surface area contributed by atoms with E-state index in [1.807, 2.05) is 6.08 Å². The van der Waals surface area contributed by atoms with Gasteiger partial charge in [0, 0.05) is 6.42 Å². The summed E-state index contributed by atoms with van der Waals surface area (Å²) in [5.74, 6) is -0.0854. The lowest BCUT2D eigenvalue weighted by molar-refractivity contribution is -0.123. The van der Waals surface area contributed by atoms with E-state index in [-0.39, 0.29) is 12.5 Å². The van der Waals surface area contributed by atoms with E-state index in [4.69, 9.17) is 0 Å². The summed E-state index contributed by atoms with van der Waals surface area (Å²) in [4.78, 5) is 12.1. The van der Waals surface area contributed by atoms with Crippen LogP contribution in [0.1, 0.15) is 155 Å². The smallest absolute Gasteiger partial charge is 0.220 e. The summed E-state index contributed by atoms with van der Waals surface area (Å²) in [6, 6.07) is -0.629. The second-order valence-electron chi connectivity index (χ2n) is 10.5. The van der Waals surface area contributed by atoms with E-state index >= 15 is 0 Å². The molecule has 3 N–H and O–H groups in total. The van der Waals surface area contributed by atoms with Crippen LogP contribution < -0.4 is 5.32 Å². The molecular weight excluding hydrogens is 446 g/mol. The van der Waals surface area contributed by atoms with Crippen LogP contribution in [-0.4, -0.2) is 34.9 Å². The number of hydrogen-bond acceptors (Lipinski definition) is 3. The summed E-state index contributed by atoms with van der Waals surface area (Å²) >= 11 is 0. The van der Waals surface area contributed by atoms with Gasteiger partial charge >= 0.3 is 0 Å². The highest BCUT2D eigenvalue weighted by molar-refractivity contribution is 5.76. The van der Waals surface area contributed by atoms with E-state index in [2.05, 4.69) is 31.3 Å². The molecule has 0 saturated heterocycles. The number of carbonyl (C=O) groups excluding carboxylic acids is 1. The first-order valence-electron chi connectivity index (χ1n) is 15.6. The normalized spacial score (nSPS) is 13.6. The second kappa shape index (κ2) is 28.4. The lowest BCUT2D eigenvalue weighted by Crippen LogP contribution is -2.45. The molecule has 4 heteroatoms. The third-order valence-corrected chi connectivity index (χ3v) is 6.94. The van der Waals surface area contributed by atoms with Crippen LogP contribution >= 0.6 is 0 Å². The van der Waals surface area contributed by atoms with Crippen molar-refractivity contribution < 1.29 is 15.0 Å². The Hall–Kier alpha value is -1.13. The van der Waals surface area contributed by atoms with Gasteiger partial charge in [-0.15, -0.1) is 0 Å². The van der Waals surface area contributed by atoms with Gasteiger partial charge in [0.15, 0.2) is 0 Å². The Balaban J connectivity index is 3.66. The van der Waals surface area contributed by atoms with E-state index in [9.17, 15) is 15.0 Å². The highest BCUT2D eigenvalue weighted by Crippen LogP contribution is 2.13. The number of hydrogen-bond donors (Lipinski definition) is 3. The maximum absolute atomic E-state index is 12.1. The van der Waals surface area contributed by atoms with E-state index in [1.165, 1.54) is 103 Å². The Morgan fingerprint density at radius 2 is 1.08 bits per heavy atom. The zero-order chi connectivity index (χ0) is 26.5. The highest BCUT2D eigenvalue weighted by atomic mass is 16.3. The molecule has 0 aliphatic rings. The number of nitrogens with one attached hydrogen (secondary N) is 1. The van der Waals surface area contributed by atoms with Crippen molar-refractivity contribution in [3.8, 4) is 0 Å². The van der Waals surface area contributed by atoms with Crippen LogP contribution in [0.4, 0.5) is 0 Å². The molecule has 0 fully saturated rings. The van der Waals surface area contributed by atoms with Crippen molar-refractivity contribution in [1.29, 1.82) is 0 Å². The molecule has 0 aliphatic carbocycles. The van der Waals surface area contributed by atoms with Crippen LogP contribution in [0.5, 0.6) is 0 Å². The van der Waals surface area contributed by atoms with Crippen molar-refractivity contribution in [2.45, 2.75) is 167 Å². The zero-order valence-electron chi connectivity index (χ0n) is 24.0. The van der Waals surface area contributed by atoms with Gasteiger partial charge in [0.25, 0.3) is 0 Å². The van der Waals surface area contributed by atoms with Gasteiger partial charge in [0.1, 0.15) is 0 Å². The Morgan fingerprint density at radius 1 is 0.639 bits per heavy atom. The quantitative estimate of drug-likeness (QED) is 0.0770. The van der Waals surface area contributed by atoms with Gasteiger partial charge in [-0.25, -0.2) is 0 Å². The van der Waals surface area contributed by atoms with Crippen LogP contribution in [-0.2, 0) is 4.79 Å². The van der Waals surface area contributed by atoms with Crippen molar-refractivity contribution >= 4 is 5.91 Å². The molecule has 0 bridgehead atoms. The van der Waals surface area contributed by atoms with E-state index in [0.29, 0.717) is 6.42 Å². The molecule has 0 aromatic heterocycles. The predicted octanol–water partition coefficient (Wildman–Crippen LogP) is 8.56. The van der Waals surface area contributed by atoms with Crippen molar-refractivity contribution in [3.63, 3.8) is 0 Å². The van der Waals surface area contributed by atoms with E-state index in [0.717, 1.165) is 32.1 Å². The van der Waals surface area contributed by atoms with Gasteiger partial charge in [-0.3, -0.25) is 4.79 Å². The molecule has 0 spiro atoms. The number of aliphatic hydroxyl groups is 2. The van der Waals surface area contributed by atoms with E-state index < -0.39 is 12.1 Å². The summed E-state index contributed by atoms with van der Waals surface area (Å²) < 4.78 is 0. The topological polar surface area (TPSA) is 69.6 Å². The summed E-state index contributed by atoms with van der Waals surface area (Å²) in [5, 5.41) is 22.6. The number of aliphatic hydroxyl groups excluding tert-OH is 2. The third-order valence-electron chi connectivity index (χ3n) is 6.94. The first-order valence-corrected chi connectivity index (χ1v) is 15.6. The molecule has 2 atom stereocenters. The van der Waals surface area contributed by atoms with Gasteiger partial charge in [-0.1, -0.05) is 141 Å². The van der Waals surface area contributed by atoms with Crippen molar-refractivity contribution in [1.82, 2.24) is 5.32 Å². The van der Waals surface area contributed by atoms with Crippen molar-refractivity contribution in [2.75, 3.05) is 6.61 Å². The number of carbonyl (C=O) groups is 1. The fourth-order valence-corrected chi connectivity index (χ4v) is 4.48. The minimum atomic E-state index is -0.853. The van der Waals surface area contributed by atoms with Crippen molar-refractivity contribution in [2.24, 2.45) is 0 Å².